The van der Waals surface area contributed by atoms with Crippen LogP contribution in [-0.4, -0.2) is 63.8 Å². The maximum atomic E-state index is 11.9. The van der Waals surface area contributed by atoms with Crippen molar-refractivity contribution in [3.05, 3.63) is 58.9 Å². The first-order valence-corrected chi connectivity index (χ1v) is 13.3. The molecule has 1 saturated heterocycles. The Morgan fingerprint density at radius 2 is 1.93 bits per heavy atom. The van der Waals surface area contributed by atoms with Gasteiger partial charge in [-0.2, -0.15) is 10.2 Å². The fraction of sp³-hybridized carbons (Fsp3) is 0.345. The Balaban J connectivity index is 1.62. The van der Waals surface area contributed by atoms with Crippen LogP contribution < -0.4 is 14.2 Å². The number of morpholine rings is 1. The van der Waals surface area contributed by atoms with Gasteiger partial charge in [-0.25, -0.2) is 4.68 Å². The SMILES string of the molecule is COc1cc(Cl)cc(-n2nc(C3OCCN(C=O)C3(C)C)c3c2-c2cc(-c4ccn(C)n4)c(OC)cc2OC3)c1. The van der Waals surface area contributed by atoms with Gasteiger partial charge in [0.1, 0.15) is 35.7 Å². The largest absolute Gasteiger partial charge is 0.497 e. The van der Waals surface area contributed by atoms with Gasteiger partial charge in [0.25, 0.3) is 0 Å². The lowest BCUT2D eigenvalue weighted by Gasteiger charge is -2.45. The van der Waals surface area contributed by atoms with Crippen LogP contribution in [0.25, 0.3) is 28.2 Å². The zero-order valence-corrected chi connectivity index (χ0v) is 23.7. The molecule has 1 amide bonds. The molecule has 2 aromatic heterocycles. The van der Waals surface area contributed by atoms with Crippen molar-refractivity contribution in [3.8, 4) is 45.5 Å². The van der Waals surface area contributed by atoms with E-state index in [1.54, 1.807) is 29.9 Å². The van der Waals surface area contributed by atoms with Gasteiger partial charge in [-0.3, -0.25) is 9.48 Å². The average molecular weight is 564 g/mol. The van der Waals surface area contributed by atoms with Crippen molar-refractivity contribution < 1.29 is 23.7 Å². The summed E-state index contributed by atoms with van der Waals surface area (Å²) in [4.78, 5) is 13.7. The number of methoxy groups -OCH3 is 2. The summed E-state index contributed by atoms with van der Waals surface area (Å²) in [6.07, 6.45) is 2.27. The number of amides is 1. The molecule has 2 aliphatic rings. The molecule has 208 valence electrons. The number of ether oxygens (including phenoxy) is 4. The second-order valence-corrected chi connectivity index (χ2v) is 10.8. The summed E-state index contributed by atoms with van der Waals surface area (Å²) in [6, 6.07) is 11.3. The monoisotopic (exact) mass is 563 g/mol. The van der Waals surface area contributed by atoms with Crippen molar-refractivity contribution >= 4 is 18.0 Å². The number of halogens is 1. The Morgan fingerprint density at radius 3 is 2.62 bits per heavy atom. The number of carbonyl (C=O) groups is 1. The number of nitrogens with zero attached hydrogens (tertiary/aromatic N) is 5. The van der Waals surface area contributed by atoms with E-state index in [-0.39, 0.29) is 6.61 Å². The van der Waals surface area contributed by atoms with Crippen LogP contribution >= 0.6 is 11.6 Å². The number of rotatable bonds is 6. The average Bonchev–Trinajstić information content (AvgIpc) is 3.55. The van der Waals surface area contributed by atoms with Gasteiger partial charge in [0.15, 0.2) is 0 Å². The zero-order valence-electron chi connectivity index (χ0n) is 23.0. The van der Waals surface area contributed by atoms with Crippen molar-refractivity contribution in [1.29, 1.82) is 0 Å². The Kier molecular flexibility index (Phi) is 6.47. The molecule has 4 heterocycles. The first-order valence-electron chi connectivity index (χ1n) is 12.9. The second-order valence-electron chi connectivity index (χ2n) is 10.4. The highest BCUT2D eigenvalue weighted by Crippen LogP contribution is 2.48. The van der Waals surface area contributed by atoms with E-state index in [0.29, 0.717) is 41.1 Å². The van der Waals surface area contributed by atoms with E-state index in [0.717, 1.165) is 40.2 Å². The summed E-state index contributed by atoms with van der Waals surface area (Å²) in [6.45, 7) is 5.14. The van der Waals surface area contributed by atoms with Gasteiger partial charge >= 0.3 is 0 Å². The Morgan fingerprint density at radius 1 is 1.10 bits per heavy atom. The van der Waals surface area contributed by atoms with Crippen molar-refractivity contribution in [2.24, 2.45) is 7.05 Å². The maximum absolute atomic E-state index is 11.9. The van der Waals surface area contributed by atoms with Crippen LogP contribution in [0.2, 0.25) is 5.02 Å². The lowest BCUT2D eigenvalue weighted by molar-refractivity contribution is -0.147. The molecule has 11 heteroatoms. The molecule has 10 nitrogen and oxygen atoms in total. The summed E-state index contributed by atoms with van der Waals surface area (Å²) >= 11 is 6.50. The number of benzene rings is 2. The van der Waals surface area contributed by atoms with E-state index < -0.39 is 11.6 Å². The summed E-state index contributed by atoms with van der Waals surface area (Å²) in [7, 11) is 5.10. The zero-order chi connectivity index (χ0) is 28.2. The Hall–Kier alpha value is -4.02. The minimum Gasteiger partial charge on any atom is -0.497 e. The molecule has 2 aromatic carbocycles. The molecule has 1 unspecified atom stereocenters. The van der Waals surface area contributed by atoms with Crippen molar-refractivity contribution in [2.75, 3.05) is 27.4 Å². The van der Waals surface area contributed by atoms with Gasteiger partial charge in [0.05, 0.1) is 43.4 Å². The lowest BCUT2D eigenvalue weighted by atomic mass is 9.88. The standard InChI is InChI=1S/C29H30ClN5O5/c1-29(2)28(39-9-8-34(29)16-36)26-22-15-40-25-14-24(38-5)20(23-6-7-33(3)31-23)13-21(25)27(22)35(32-26)18-10-17(30)11-19(12-18)37-4/h6-7,10-14,16,28H,8-9,15H2,1-5H3. The normalized spacial score (nSPS) is 17.6. The highest BCUT2D eigenvalue weighted by Gasteiger charge is 2.44. The highest BCUT2D eigenvalue weighted by molar-refractivity contribution is 6.30. The van der Waals surface area contributed by atoms with Crippen molar-refractivity contribution in [1.82, 2.24) is 24.5 Å². The highest BCUT2D eigenvalue weighted by atomic mass is 35.5. The summed E-state index contributed by atoms with van der Waals surface area (Å²) in [5, 5.41) is 10.2. The molecule has 0 N–H and O–H groups in total. The van der Waals surface area contributed by atoms with E-state index in [2.05, 4.69) is 5.10 Å². The molecule has 2 aliphatic heterocycles. The van der Waals surface area contributed by atoms with Crippen LogP contribution in [0.15, 0.2) is 42.6 Å². The van der Waals surface area contributed by atoms with E-state index >= 15 is 0 Å². The minimum absolute atomic E-state index is 0.262. The molecule has 0 bridgehead atoms. The third-order valence-electron chi connectivity index (χ3n) is 7.64. The fourth-order valence-electron chi connectivity index (χ4n) is 5.53. The number of hydrogen-bond donors (Lipinski definition) is 0. The van der Waals surface area contributed by atoms with E-state index in [1.165, 1.54) is 0 Å². The summed E-state index contributed by atoms with van der Waals surface area (Å²) < 4.78 is 27.5. The van der Waals surface area contributed by atoms with E-state index in [9.17, 15) is 4.79 Å². The molecule has 0 saturated carbocycles. The van der Waals surface area contributed by atoms with Gasteiger partial charge in [-0.15, -0.1) is 0 Å². The topological polar surface area (TPSA) is 92.9 Å². The third kappa shape index (κ3) is 4.18. The molecular weight excluding hydrogens is 534 g/mol. The fourth-order valence-corrected chi connectivity index (χ4v) is 5.75. The van der Waals surface area contributed by atoms with Crippen molar-refractivity contribution in [2.45, 2.75) is 32.1 Å². The maximum Gasteiger partial charge on any atom is 0.210 e. The second kappa shape index (κ2) is 9.87. The Bertz CT molecular complexity index is 1610. The quantitative estimate of drug-likeness (QED) is 0.311. The first kappa shape index (κ1) is 26.2. The van der Waals surface area contributed by atoms with Crippen LogP contribution in [0.5, 0.6) is 17.2 Å². The summed E-state index contributed by atoms with van der Waals surface area (Å²) in [5.74, 6) is 1.91. The van der Waals surface area contributed by atoms with Crippen LogP contribution in [0.3, 0.4) is 0 Å². The minimum atomic E-state index is -0.641. The van der Waals surface area contributed by atoms with Crippen LogP contribution in [-0.2, 0) is 23.2 Å². The predicted octanol–water partition coefficient (Wildman–Crippen LogP) is 4.81. The molecule has 6 rings (SSSR count). The third-order valence-corrected chi connectivity index (χ3v) is 7.86. The number of hydrogen-bond acceptors (Lipinski definition) is 7. The molecule has 1 atom stereocenters. The predicted molar refractivity (Wildman–Crippen MR) is 149 cm³/mol. The molecule has 40 heavy (non-hydrogen) atoms. The van der Waals surface area contributed by atoms with Gasteiger partial charge < -0.3 is 23.8 Å². The number of aryl methyl sites for hydroxylation is 1. The number of carbonyl (C=O) groups excluding carboxylic acids is 1. The van der Waals surface area contributed by atoms with Gasteiger partial charge in [0.2, 0.25) is 6.41 Å². The van der Waals surface area contributed by atoms with Crippen LogP contribution in [0.1, 0.15) is 31.2 Å². The van der Waals surface area contributed by atoms with Crippen LogP contribution in [0, 0.1) is 0 Å². The molecule has 1 fully saturated rings. The number of fused-ring (bicyclic) bond motifs is 3. The molecule has 0 radical (unpaired) electrons. The lowest BCUT2D eigenvalue weighted by Crippen LogP contribution is -2.54. The molecular formula is C29H30ClN5O5. The van der Waals surface area contributed by atoms with Gasteiger partial charge in [0, 0.05) is 53.6 Å². The molecule has 0 aliphatic carbocycles. The molecule has 4 aromatic rings. The van der Waals surface area contributed by atoms with Crippen LogP contribution in [0.4, 0.5) is 0 Å². The van der Waals surface area contributed by atoms with Gasteiger partial charge in [-0.05, 0) is 38.1 Å². The van der Waals surface area contributed by atoms with E-state index in [1.807, 2.05) is 62.1 Å². The smallest absolute Gasteiger partial charge is 0.210 e. The van der Waals surface area contributed by atoms with Gasteiger partial charge in [-0.1, -0.05) is 11.6 Å². The molecule has 0 spiro atoms. The number of aromatic nitrogens is 4. The van der Waals surface area contributed by atoms with E-state index in [4.69, 9.17) is 35.6 Å². The first-order chi connectivity index (χ1) is 19.2. The Labute approximate surface area is 236 Å². The van der Waals surface area contributed by atoms with Crippen molar-refractivity contribution in [3.63, 3.8) is 0 Å². The summed E-state index contributed by atoms with van der Waals surface area (Å²) in [5.41, 5.74) is 4.89.